The zero-order chi connectivity index (χ0) is 21.8. The molecule has 168 valence electrons. The van der Waals surface area contributed by atoms with E-state index in [4.69, 9.17) is 4.74 Å². The molecule has 4 rings (SSSR count). The number of rotatable bonds is 8. The molecule has 7 nitrogen and oxygen atoms in total. The first-order valence-electron chi connectivity index (χ1n) is 11.4. The van der Waals surface area contributed by atoms with Crippen molar-refractivity contribution in [2.75, 3.05) is 26.7 Å². The predicted molar refractivity (Wildman–Crippen MR) is 121 cm³/mol. The summed E-state index contributed by atoms with van der Waals surface area (Å²) >= 11 is 0. The summed E-state index contributed by atoms with van der Waals surface area (Å²) in [5.74, 6) is 0.871. The lowest BCUT2D eigenvalue weighted by molar-refractivity contribution is 0.0669. The van der Waals surface area contributed by atoms with E-state index in [0.717, 1.165) is 49.5 Å². The molecule has 1 aliphatic carbocycles. The van der Waals surface area contributed by atoms with Crippen molar-refractivity contribution in [3.05, 3.63) is 47.8 Å². The van der Waals surface area contributed by atoms with Gasteiger partial charge in [-0.15, -0.1) is 0 Å². The van der Waals surface area contributed by atoms with Gasteiger partial charge in [0.05, 0.1) is 18.8 Å². The van der Waals surface area contributed by atoms with E-state index in [0.29, 0.717) is 13.1 Å². The number of piperidine rings is 1. The summed E-state index contributed by atoms with van der Waals surface area (Å²) in [6.07, 6.45) is 6.35. The van der Waals surface area contributed by atoms with Gasteiger partial charge in [-0.3, -0.25) is 4.68 Å². The predicted octanol–water partition coefficient (Wildman–Crippen LogP) is 3.41. The summed E-state index contributed by atoms with van der Waals surface area (Å²) in [7, 11) is 4.10. The molecule has 0 radical (unpaired) electrons. The zero-order valence-electron chi connectivity index (χ0n) is 19.0. The van der Waals surface area contributed by atoms with Crippen LogP contribution in [0.5, 0.6) is 5.75 Å². The molecule has 7 heteroatoms. The maximum atomic E-state index is 13.4. The molecule has 2 heterocycles. The Morgan fingerprint density at radius 3 is 2.68 bits per heavy atom. The van der Waals surface area contributed by atoms with Crippen molar-refractivity contribution in [3.8, 4) is 5.75 Å². The van der Waals surface area contributed by atoms with E-state index in [1.54, 1.807) is 4.68 Å². The van der Waals surface area contributed by atoms with Crippen LogP contribution in [-0.2, 0) is 20.1 Å². The van der Waals surface area contributed by atoms with Gasteiger partial charge in [0.1, 0.15) is 5.75 Å². The number of benzene rings is 1. The third kappa shape index (κ3) is 5.21. The highest BCUT2D eigenvalue weighted by Gasteiger charge is 2.54. The van der Waals surface area contributed by atoms with Gasteiger partial charge in [0.15, 0.2) is 0 Å². The molecule has 0 unspecified atom stereocenters. The van der Waals surface area contributed by atoms with Crippen LogP contribution < -0.4 is 10.1 Å². The molecule has 1 saturated heterocycles. The van der Waals surface area contributed by atoms with Crippen LogP contribution in [0.2, 0.25) is 0 Å². The van der Waals surface area contributed by atoms with Crippen molar-refractivity contribution in [1.82, 2.24) is 24.9 Å². The molecular formula is C24H35N5O2. The fourth-order valence-electron chi connectivity index (χ4n) is 4.76. The maximum absolute atomic E-state index is 13.4. The zero-order valence-corrected chi connectivity index (χ0v) is 19.0. The van der Waals surface area contributed by atoms with Crippen LogP contribution in [0.25, 0.3) is 0 Å². The van der Waals surface area contributed by atoms with Gasteiger partial charge < -0.3 is 19.9 Å². The maximum Gasteiger partial charge on any atom is 0.318 e. The van der Waals surface area contributed by atoms with Crippen molar-refractivity contribution in [3.63, 3.8) is 0 Å². The number of nitrogens with one attached hydrogen (secondary N) is 1. The van der Waals surface area contributed by atoms with Crippen LogP contribution in [0.15, 0.2) is 36.5 Å². The highest BCUT2D eigenvalue weighted by Crippen LogP contribution is 2.54. The van der Waals surface area contributed by atoms with Crippen molar-refractivity contribution in [2.24, 2.45) is 12.5 Å². The van der Waals surface area contributed by atoms with Crippen LogP contribution in [-0.4, -0.2) is 58.4 Å². The van der Waals surface area contributed by atoms with Gasteiger partial charge in [-0.05, 0) is 63.0 Å². The molecule has 2 fully saturated rings. The first-order chi connectivity index (χ1) is 15.0. The number of aryl methyl sites for hydroxylation is 1. The molecule has 2 aromatic rings. The molecule has 31 heavy (non-hydrogen) atoms. The molecule has 1 aromatic carbocycles. The number of urea groups is 1. The number of carbonyl (C=O) groups is 1. The second-order valence-corrected chi connectivity index (χ2v) is 9.16. The van der Waals surface area contributed by atoms with Gasteiger partial charge >= 0.3 is 6.03 Å². The van der Waals surface area contributed by atoms with Crippen LogP contribution in [0.3, 0.4) is 0 Å². The molecule has 1 aliphatic heterocycles. The Hall–Kier alpha value is -2.54. The van der Waals surface area contributed by atoms with Crippen LogP contribution in [0, 0.1) is 5.41 Å². The minimum Gasteiger partial charge on any atom is -0.494 e. The first kappa shape index (κ1) is 21.7. The first-order valence-corrected chi connectivity index (χ1v) is 11.4. The Morgan fingerprint density at radius 2 is 2.03 bits per heavy atom. The van der Waals surface area contributed by atoms with Gasteiger partial charge in [0, 0.05) is 37.8 Å². The van der Waals surface area contributed by atoms with E-state index in [9.17, 15) is 4.79 Å². The van der Waals surface area contributed by atoms with E-state index in [2.05, 4.69) is 29.3 Å². The lowest BCUT2D eigenvalue weighted by Gasteiger charge is -2.43. The fourth-order valence-corrected chi connectivity index (χ4v) is 4.76. The molecule has 1 aromatic heterocycles. The lowest BCUT2D eigenvalue weighted by atomic mass is 9.88. The number of ether oxygens (including phenoxy) is 1. The fraction of sp³-hybridized carbons (Fsp3) is 0.583. The quantitative estimate of drug-likeness (QED) is 0.704. The third-order valence-electron chi connectivity index (χ3n) is 6.55. The largest absolute Gasteiger partial charge is 0.494 e. The normalized spacial score (nSPS) is 19.9. The van der Waals surface area contributed by atoms with Crippen LogP contribution in [0.4, 0.5) is 4.79 Å². The standard InChI is InChI=1S/C24H35N5O2/c1-4-15-31-21-7-5-19(6-8-21)16-25-23(30)29(17-20-9-14-28(3)26-20)22-10-13-27(2)18-24(22)11-12-24/h5-9,14,22H,4,10-13,15-18H2,1-3H3,(H,25,30)/t22-/m1/s1. The third-order valence-corrected chi connectivity index (χ3v) is 6.55. The Balaban J connectivity index is 1.44. The number of aromatic nitrogens is 2. The van der Waals surface area contributed by atoms with E-state index in [1.165, 1.54) is 12.8 Å². The molecule has 1 atom stereocenters. The summed E-state index contributed by atoms with van der Waals surface area (Å²) in [6.45, 7) is 5.96. The molecule has 0 bridgehead atoms. The summed E-state index contributed by atoms with van der Waals surface area (Å²) in [5, 5.41) is 7.69. The average Bonchev–Trinajstić information content (AvgIpc) is 3.39. The monoisotopic (exact) mass is 425 g/mol. The molecule has 2 aliphatic rings. The Morgan fingerprint density at radius 1 is 1.26 bits per heavy atom. The van der Waals surface area contributed by atoms with Crippen molar-refractivity contribution >= 4 is 6.03 Å². The molecule has 1 N–H and O–H groups in total. The van der Waals surface area contributed by atoms with Gasteiger partial charge in [-0.25, -0.2) is 4.79 Å². The number of carbonyl (C=O) groups excluding carboxylic acids is 1. The Labute approximate surface area is 185 Å². The molecule has 2 amide bonds. The van der Waals surface area contributed by atoms with Crippen molar-refractivity contribution < 1.29 is 9.53 Å². The SMILES string of the molecule is CCCOc1ccc(CNC(=O)N(Cc2ccn(C)n2)[C@@H]2CCN(C)CC23CC3)cc1. The number of hydrogen-bond donors (Lipinski definition) is 1. The number of nitrogens with zero attached hydrogens (tertiary/aromatic N) is 4. The van der Waals surface area contributed by atoms with Crippen LogP contribution in [0.1, 0.15) is 43.9 Å². The van der Waals surface area contributed by atoms with E-state index < -0.39 is 0 Å². The van der Waals surface area contributed by atoms with E-state index in [1.807, 2.05) is 48.5 Å². The second kappa shape index (κ2) is 9.30. The summed E-state index contributed by atoms with van der Waals surface area (Å²) in [6, 6.07) is 10.2. The Kier molecular flexibility index (Phi) is 6.51. The van der Waals surface area contributed by atoms with Gasteiger partial charge in [-0.2, -0.15) is 5.10 Å². The minimum atomic E-state index is -0.00205. The Bertz CT molecular complexity index is 874. The second-order valence-electron chi connectivity index (χ2n) is 9.16. The number of likely N-dealkylation sites (tertiary alicyclic amines) is 1. The van der Waals surface area contributed by atoms with E-state index in [-0.39, 0.29) is 17.5 Å². The van der Waals surface area contributed by atoms with Crippen molar-refractivity contribution in [2.45, 2.75) is 51.7 Å². The highest BCUT2D eigenvalue weighted by atomic mass is 16.5. The van der Waals surface area contributed by atoms with Crippen molar-refractivity contribution in [1.29, 1.82) is 0 Å². The van der Waals surface area contributed by atoms with E-state index >= 15 is 0 Å². The van der Waals surface area contributed by atoms with Gasteiger partial charge in [-0.1, -0.05) is 19.1 Å². The summed E-state index contributed by atoms with van der Waals surface area (Å²) < 4.78 is 7.45. The smallest absolute Gasteiger partial charge is 0.318 e. The molecule has 1 saturated carbocycles. The number of amides is 2. The molecular weight excluding hydrogens is 390 g/mol. The summed E-state index contributed by atoms with van der Waals surface area (Å²) in [4.78, 5) is 17.8. The van der Waals surface area contributed by atoms with Gasteiger partial charge in [0.2, 0.25) is 0 Å². The molecule has 1 spiro atoms. The summed E-state index contributed by atoms with van der Waals surface area (Å²) in [5.41, 5.74) is 2.25. The highest BCUT2D eigenvalue weighted by molar-refractivity contribution is 5.74. The minimum absolute atomic E-state index is 0.00205. The number of hydrogen-bond acceptors (Lipinski definition) is 4. The van der Waals surface area contributed by atoms with Gasteiger partial charge in [0.25, 0.3) is 0 Å². The topological polar surface area (TPSA) is 62.6 Å². The van der Waals surface area contributed by atoms with Crippen LogP contribution >= 0.6 is 0 Å². The average molecular weight is 426 g/mol. The lowest BCUT2D eigenvalue weighted by Crippen LogP contribution is -2.55.